The predicted octanol–water partition coefficient (Wildman–Crippen LogP) is 2.48. The van der Waals surface area contributed by atoms with Crippen molar-refractivity contribution in [2.75, 3.05) is 5.32 Å². The second-order valence-corrected chi connectivity index (χ2v) is 4.18. The molecular formula is C14H11FN2O3. The molecular weight excluding hydrogens is 263 g/mol. The number of anilines is 1. The first-order valence-electron chi connectivity index (χ1n) is 5.74. The van der Waals surface area contributed by atoms with Crippen molar-refractivity contribution in [2.45, 2.75) is 6.92 Å². The molecule has 1 amide bonds. The van der Waals surface area contributed by atoms with Crippen molar-refractivity contribution in [1.29, 1.82) is 0 Å². The lowest BCUT2D eigenvalue weighted by atomic mass is 10.1. The van der Waals surface area contributed by atoms with Crippen LogP contribution >= 0.6 is 0 Å². The number of nitrogens with one attached hydrogen (secondary N) is 1. The molecule has 102 valence electrons. The van der Waals surface area contributed by atoms with Crippen molar-refractivity contribution >= 4 is 17.6 Å². The summed E-state index contributed by atoms with van der Waals surface area (Å²) in [6.07, 6.45) is 1.32. The highest BCUT2D eigenvalue weighted by Crippen LogP contribution is 2.15. The molecule has 2 aromatic rings. The van der Waals surface area contributed by atoms with E-state index >= 15 is 0 Å². The predicted molar refractivity (Wildman–Crippen MR) is 70.3 cm³/mol. The smallest absolute Gasteiger partial charge is 0.338 e. The fraction of sp³-hybridized carbons (Fsp3) is 0.0714. The number of aryl methyl sites for hydroxylation is 1. The molecule has 1 heterocycles. The number of nitrogens with zero attached hydrogens (tertiary/aromatic N) is 1. The number of carbonyl (C=O) groups excluding carboxylic acids is 1. The molecule has 0 fully saturated rings. The molecule has 0 atom stereocenters. The van der Waals surface area contributed by atoms with E-state index < -0.39 is 17.7 Å². The van der Waals surface area contributed by atoms with Gasteiger partial charge >= 0.3 is 5.97 Å². The zero-order chi connectivity index (χ0) is 14.7. The largest absolute Gasteiger partial charge is 0.478 e. The van der Waals surface area contributed by atoms with Crippen LogP contribution in [-0.4, -0.2) is 22.0 Å². The summed E-state index contributed by atoms with van der Waals surface area (Å²) in [6.45, 7) is 1.68. The van der Waals surface area contributed by atoms with Crippen molar-refractivity contribution in [1.82, 2.24) is 4.98 Å². The van der Waals surface area contributed by atoms with Gasteiger partial charge in [-0.25, -0.2) is 9.18 Å². The van der Waals surface area contributed by atoms with Gasteiger partial charge in [-0.1, -0.05) is 0 Å². The van der Waals surface area contributed by atoms with Gasteiger partial charge < -0.3 is 10.4 Å². The number of hydrogen-bond donors (Lipinski definition) is 2. The average Bonchev–Trinajstić information content (AvgIpc) is 2.37. The van der Waals surface area contributed by atoms with Gasteiger partial charge in [0.15, 0.2) is 0 Å². The van der Waals surface area contributed by atoms with E-state index in [9.17, 15) is 14.0 Å². The van der Waals surface area contributed by atoms with Crippen LogP contribution in [0.4, 0.5) is 10.1 Å². The number of amides is 1. The number of carbonyl (C=O) groups is 2. The Morgan fingerprint density at radius 2 is 2.05 bits per heavy atom. The number of rotatable bonds is 3. The number of benzene rings is 1. The maximum absolute atomic E-state index is 13.2. The lowest BCUT2D eigenvalue weighted by Crippen LogP contribution is -2.18. The summed E-state index contributed by atoms with van der Waals surface area (Å²) < 4.78 is 13.2. The van der Waals surface area contributed by atoms with Gasteiger partial charge in [-0.05, 0) is 42.8 Å². The maximum atomic E-state index is 13.2. The van der Waals surface area contributed by atoms with Crippen LogP contribution in [0.5, 0.6) is 0 Å². The van der Waals surface area contributed by atoms with Gasteiger partial charge in [-0.3, -0.25) is 9.78 Å². The number of carboxylic acid groups (broad SMARTS) is 1. The molecule has 0 unspecified atom stereocenters. The molecule has 0 spiro atoms. The number of aromatic carboxylic acids is 1. The SMILES string of the molecule is Cc1cc(F)cc(NC(=O)c2ncccc2C(=O)O)c1. The van der Waals surface area contributed by atoms with Crippen LogP contribution in [0.15, 0.2) is 36.5 Å². The molecule has 6 heteroatoms. The van der Waals surface area contributed by atoms with E-state index in [4.69, 9.17) is 5.11 Å². The molecule has 1 aromatic carbocycles. The summed E-state index contributed by atoms with van der Waals surface area (Å²) in [5.41, 5.74) is 0.453. The summed E-state index contributed by atoms with van der Waals surface area (Å²) in [5, 5.41) is 11.4. The third-order valence-electron chi connectivity index (χ3n) is 2.55. The van der Waals surface area contributed by atoms with E-state index in [0.717, 1.165) is 6.07 Å². The lowest BCUT2D eigenvalue weighted by Gasteiger charge is -2.07. The second kappa shape index (κ2) is 5.48. The standard InChI is InChI=1S/C14H11FN2O3/c1-8-5-9(15)7-10(6-8)17-13(18)12-11(14(19)20)3-2-4-16-12/h2-7H,1H3,(H,17,18)(H,19,20). The van der Waals surface area contributed by atoms with E-state index in [1.165, 1.54) is 24.4 Å². The Balaban J connectivity index is 2.31. The fourth-order valence-corrected chi connectivity index (χ4v) is 1.76. The highest BCUT2D eigenvalue weighted by molar-refractivity contribution is 6.09. The van der Waals surface area contributed by atoms with Gasteiger partial charge in [0.2, 0.25) is 0 Å². The minimum Gasteiger partial charge on any atom is -0.478 e. The van der Waals surface area contributed by atoms with E-state index in [2.05, 4.69) is 10.3 Å². The van der Waals surface area contributed by atoms with E-state index in [0.29, 0.717) is 5.56 Å². The van der Waals surface area contributed by atoms with Crippen LogP contribution in [0.2, 0.25) is 0 Å². The molecule has 2 rings (SSSR count). The fourth-order valence-electron chi connectivity index (χ4n) is 1.76. The Morgan fingerprint density at radius 1 is 1.30 bits per heavy atom. The number of aromatic nitrogens is 1. The first-order chi connectivity index (χ1) is 9.47. The Kier molecular flexibility index (Phi) is 3.74. The maximum Gasteiger partial charge on any atom is 0.338 e. The van der Waals surface area contributed by atoms with Crippen LogP contribution in [-0.2, 0) is 0 Å². The quantitative estimate of drug-likeness (QED) is 0.901. The molecule has 0 aliphatic rings. The zero-order valence-corrected chi connectivity index (χ0v) is 10.6. The van der Waals surface area contributed by atoms with Gasteiger partial charge in [0.05, 0.1) is 5.56 Å². The Morgan fingerprint density at radius 3 is 2.70 bits per heavy atom. The van der Waals surface area contributed by atoms with Crippen molar-refractivity contribution in [3.05, 3.63) is 59.2 Å². The normalized spacial score (nSPS) is 10.1. The molecule has 0 aliphatic carbocycles. The topological polar surface area (TPSA) is 79.3 Å². The zero-order valence-electron chi connectivity index (χ0n) is 10.6. The van der Waals surface area contributed by atoms with Crippen molar-refractivity contribution in [3.63, 3.8) is 0 Å². The molecule has 0 aliphatic heterocycles. The minimum absolute atomic E-state index is 0.210. The second-order valence-electron chi connectivity index (χ2n) is 4.18. The molecule has 1 aromatic heterocycles. The monoisotopic (exact) mass is 274 g/mol. The summed E-state index contributed by atoms with van der Waals surface area (Å²) >= 11 is 0. The summed E-state index contributed by atoms with van der Waals surface area (Å²) in [7, 11) is 0. The average molecular weight is 274 g/mol. The lowest BCUT2D eigenvalue weighted by molar-refractivity contribution is 0.0691. The van der Waals surface area contributed by atoms with Crippen molar-refractivity contribution < 1.29 is 19.1 Å². The van der Waals surface area contributed by atoms with Crippen LogP contribution in [0, 0.1) is 12.7 Å². The van der Waals surface area contributed by atoms with E-state index in [1.54, 1.807) is 13.0 Å². The number of hydrogen-bond acceptors (Lipinski definition) is 3. The molecule has 0 saturated heterocycles. The molecule has 20 heavy (non-hydrogen) atoms. The molecule has 0 saturated carbocycles. The highest BCUT2D eigenvalue weighted by atomic mass is 19.1. The molecule has 5 nitrogen and oxygen atoms in total. The first-order valence-corrected chi connectivity index (χ1v) is 5.74. The Labute approximate surface area is 114 Å². The van der Waals surface area contributed by atoms with Crippen LogP contribution in [0.1, 0.15) is 26.4 Å². The van der Waals surface area contributed by atoms with Gasteiger partial charge in [0.1, 0.15) is 11.5 Å². The number of pyridine rings is 1. The number of halogens is 1. The summed E-state index contributed by atoms with van der Waals surface area (Å²) in [4.78, 5) is 26.8. The first kappa shape index (κ1) is 13.7. The van der Waals surface area contributed by atoms with Crippen LogP contribution in [0.25, 0.3) is 0 Å². The van der Waals surface area contributed by atoms with Crippen LogP contribution < -0.4 is 5.32 Å². The van der Waals surface area contributed by atoms with Gasteiger partial charge in [-0.15, -0.1) is 0 Å². The van der Waals surface area contributed by atoms with E-state index in [1.807, 2.05) is 0 Å². The Bertz CT molecular complexity index is 666. The van der Waals surface area contributed by atoms with Gasteiger partial charge in [0, 0.05) is 11.9 Å². The van der Waals surface area contributed by atoms with Gasteiger partial charge in [0.25, 0.3) is 5.91 Å². The van der Waals surface area contributed by atoms with Gasteiger partial charge in [-0.2, -0.15) is 0 Å². The number of carboxylic acids is 1. The van der Waals surface area contributed by atoms with E-state index in [-0.39, 0.29) is 16.9 Å². The minimum atomic E-state index is -1.25. The van der Waals surface area contributed by atoms with Crippen LogP contribution in [0.3, 0.4) is 0 Å². The third kappa shape index (κ3) is 2.97. The molecule has 0 bridgehead atoms. The van der Waals surface area contributed by atoms with Crippen molar-refractivity contribution in [3.8, 4) is 0 Å². The molecule has 0 radical (unpaired) electrons. The third-order valence-corrected chi connectivity index (χ3v) is 2.55. The summed E-state index contributed by atoms with van der Waals surface area (Å²) in [5.74, 6) is -2.44. The van der Waals surface area contributed by atoms with Crippen molar-refractivity contribution in [2.24, 2.45) is 0 Å². The highest BCUT2D eigenvalue weighted by Gasteiger charge is 2.17. The Hall–Kier alpha value is -2.76. The summed E-state index contributed by atoms with van der Waals surface area (Å²) in [6, 6.07) is 6.74. The molecule has 2 N–H and O–H groups in total.